The van der Waals surface area contributed by atoms with Crippen LogP contribution in [0.1, 0.15) is 24.9 Å². The summed E-state index contributed by atoms with van der Waals surface area (Å²) >= 11 is 0. The second-order valence-corrected chi connectivity index (χ2v) is 7.10. The van der Waals surface area contributed by atoms with Crippen molar-refractivity contribution in [2.45, 2.75) is 26.7 Å². The molecule has 5 heterocycles. The lowest BCUT2D eigenvalue weighted by molar-refractivity contribution is 0.768. The van der Waals surface area contributed by atoms with Gasteiger partial charge in [-0.2, -0.15) is 9.61 Å². The number of aromatic nitrogens is 7. The molecule has 144 valence electrons. The molecule has 0 radical (unpaired) electrons. The Morgan fingerprint density at radius 2 is 1.89 bits per heavy atom. The largest absolute Gasteiger partial charge is 0.355 e. The van der Waals surface area contributed by atoms with E-state index >= 15 is 0 Å². The number of aryl methyl sites for hydroxylation is 2. The summed E-state index contributed by atoms with van der Waals surface area (Å²) in [6.07, 6.45) is 7.46. The lowest BCUT2D eigenvalue weighted by Gasteiger charge is -2.24. The predicted molar refractivity (Wildman–Crippen MR) is 107 cm³/mol. The summed E-state index contributed by atoms with van der Waals surface area (Å²) in [4.78, 5) is 13.9. The zero-order valence-electron chi connectivity index (χ0n) is 16.2. The van der Waals surface area contributed by atoms with Gasteiger partial charge in [0.25, 0.3) is 0 Å². The van der Waals surface area contributed by atoms with Gasteiger partial charge in [0.2, 0.25) is 5.65 Å². The highest BCUT2D eigenvalue weighted by molar-refractivity contribution is 5.64. The molecule has 9 heteroatoms. The summed E-state index contributed by atoms with van der Waals surface area (Å²) in [5.74, 6) is 2.96. The number of hydrogen-bond acceptors (Lipinski definition) is 7. The minimum atomic E-state index is 0.835. The maximum Gasteiger partial charge on any atom is 0.203 e. The van der Waals surface area contributed by atoms with Gasteiger partial charge in [0.1, 0.15) is 11.6 Å². The summed E-state index contributed by atoms with van der Waals surface area (Å²) in [6.45, 7) is 7.77. The van der Waals surface area contributed by atoms with Gasteiger partial charge in [-0.1, -0.05) is 6.92 Å². The molecule has 1 aliphatic rings. The molecule has 1 aliphatic heterocycles. The van der Waals surface area contributed by atoms with Gasteiger partial charge in [0.05, 0.1) is 6.20 Å². The van der Waals surface area contributed by atoms with Crippen LogP contribution in [0.3, 0.4) is 0 Å². The second kappa shape index (κ2) is 6.74. The van der Waals surface area contributed by atoms with E-state index in [4.69, 9.17) is 0 Å². The van der Waals surface area contributed by atoms with Gasteiger partial charge in [-0.25, -0.2) is 9.97 Å². The lowest BCUT2D eigenvalue weighted by atomic mass is 10.3. The number of fused-ring (bicyclic) bond motifs is 2. The monoisotopic (exact) mass is 377 g/mol. The molecule has 28 heavy (non-hydrogen) atoms. The molecule has 0 N–H and O–H groups in total. The molecule has 1 fully saturated rings. The molecule has 0 saturated carbocycles. The van der Waals surface area contributed by atoms with E-state index in [1.807, 2.05) is 34.3 Å². The third-order valence-electron chi connectivity index (χ3n) is 5.28. The van der Waals surface area contributed by atoms with Crippen molar-refractivity contribution in [3.05, 3.63) is 42.2 Å². The number of nitrogens with zero attached hydrogens (tertiary/aromatic N) is 9. The molecule has 9 nitrogen and oxygen atoms in total. The van der Waals surface area contributed by atoms with Crippen molar-refractivity contribution in [1.29, 1.82) is 0 Å². The molecule has 4 aromatic heterocycles. The van der Waals surface area contributed by atoms with Crippen LogP contribution in [0, 0.1) is 6.92 Å². The summed E-state index contributed by atoms with van der Waals surface area (Å²) in [5, 5.41) is 13.2. The summed E-state index contributed by atoms with van der Waals surface area (Å²) < 4.78 is 3.97. The Labute approximate surface area is 162 Å². The first-order chi connectivity index (χ1) is 13.7. The molecule has 0 spiro atoms. The van der Waals surface area contributed by atoms with Crippen LogP contribution >= 0.6 is 0 Å². The van der Waals surface area contributed by atoms with Gasteiger partial charge in [-0.3, -0.25) is 4.40 Å². The fourth-order valence-electron chi connectivity index (χ4n) is 3.93. The topological polar surface area (TPSA) is 79.8 Å². The van der Waals surface area contributed by atoms with Crippen LogP contribution in [-0.2, 0) is 6.42 Å². The molecule has 0 amide bonds. The Kier molecular flexibility index (Phi) is 4.07. The third-order valence-corrected chi connectivity index (χ3v) is 5.28. The van der Waals surface area contributed by atoms with Gasteiger partial charge in [-0.05, 0) is 13.3 Å². The van der Waals surface area contributed by atoms with Gasteiger partial charge in [0.15, 0.2) is 11.5 Å². The molecule has 5 rings (SSSR count). The van der Waals surface area contributed by atoms with E-state index in [1.165, 1.54) is 0 Å². The molecular formula is C19H23N9. The highest BCUT2D eigenvalue weighted by Gasteiger charge is 2.21. The number of anilines is 2. The van der Waals surface area contributed by atoms with Crippen LogP contribution in [0.25, 0.3) is 11.3 Å². The minimum Gasteiger partial charge on any atom is -0.355 e. The Bertz CT molecular complexity index is 1130. The average molecular weight is 377 g/mol. The number of rotatable bonds is 3. The van der Waals surface area contributed by atoms with E-state index < -0.39 is 0 Å². The fourth-order valence-corrected chi connectivity index (χ4v) is 3.93. The first-order valence-electron chi connectivity index (χ1n) is 9.74. The zero-order valence-corrected chi connectivity index (χ0v) is 16.2. The van der Waals surface area contributed by atoms with E-state index in [2.05, 4.69) is 48.1 Å². The van der Waals surface area contributed by atoms with Crippen molar-refractivity contribution in [3.8, 4) is 0 Å². The van der Waals surface area contributed by atoms with E-state index in [0.717, 1.165) is 73.5 Å². The smallest absolute Gasteiger partial charge is 0.203 e. The predicted octanol–water partition coefficient (Wildman–Crippen LogP) is 1.75. The van der Waals surface area contributed by atoms with Crippen LogP contribution in [0.15, 0.2) is 30.7 Å². The first kappa shape index (κ1) is 16.9. The molecule has 0 unspecified atom stereocenters. The van der Waals surface area contributed by atoms with Crippen molar-refractivity contribution in [2.24, 2.45) is 0 Å². The van der Waals surface area contributed by atoms with Crippen molar-refractivity contribution in [3.63, 3.8) is 0 Å². The normalized spacial score (nSPS) is 15.5. The number of hydrogen-bond donors (Lipinski definition) is 0. The van der Waals surface area contributed by atoms with Crippen LogP contribution in [0.4, 0.5) is 11.6 Å². The quantitative estimate of drug-likeness (QED) is 0.538. The van der Waals surface area contributed by atoms with Gasteiger partial charge in [-0.15, -0.1) is 10.2 Å². The van der Waals surface area contributed by atoms with Crippen molar-refractivity contribution < 1.29 is 0 Å². The molecule has 4 aromatic rings. The maximum atomic E-state index is 4.63. The summed E-state index contributed by atoms with van der Waals surface area (Å²) in [7, 11) is 0. The highest BCUT2D eigenvalue weighted by Crippen LogP contribution is 2.23. The minimum absolute atomic E-state index is 0.835. The Hall–Kier alpha value is -3.23. The molecule has 1 saturated heterocycles. The molecule has 0 bridgehead atoms. The van der Waals surface area contributed by atoms with E-state index in [9.17, 15) is 0 Å². The summed E-state index contributed by atoms with van der Waals surface area (Å²) in [6, 6.07) is 4.06. The zero-order chi connectivity index (χ0) is 19.1. The Morgan fingerprint density at radius 1 is 1.04 bits per heavy atom. The molecular weight excluding hydrogens is 354 g/mol. The maximum absolute atomic E-state index is 4.63. The average Bonchev–Trinajstić information content (AvgIpc) is 3.27. The van der Waals surface area contributed by atoms with Crippen LogP contribution in [0.2, 0.25) is 0 Å². The molecule has 0 atom stereocenters. The Morgan fingerprint density at radius 3 is 2.79 bits per heavy atom. The fraction of sp³-hybridized carbons (Fsp3) is 0.421. The van der Waals surface area contributed by atoms with Crippen LogP contribution in [0.5, 0.6) is 0 Å². The first-order valence-corrected chi connectivity index (χ1v) is 9.74. The van der Waals surface area contributed by atoms with Crippen LogP contribution in [-0.4, -0.2) is 60.4 Å². The van der Waals surface area contributed by atoms with Crippen molar-refractivity contribution in [2.75, 3.05) is 36.0 Å². The van der Waals surface area contributed by atoms with E-state index in [0.29, 0.717) is 0 Å². The molecule has 0 aromatic carbocycles. The van der Waals surface area contributed by atoms with E-state index in [-0.39, 0.29) is 0 Å². The molecule has 0 aliphatic carbocycles. The van der Waals surface area contributed by atoms with E-state index in [1.54, 1.807) is 6.20 Å². The standard InChI is InChI=1S/C19H23N9/c1-3-15-23-24-19-18(20-7-10-27(15)19)26-9-4-8-25(11-12-26)17-13-14(2)22-16-5-6-21-28(16)17/h5-7,10,13H,3-4,8-9,11-12H2,1-2H3. The van der Waals surface area contributed by atoms with Crippen LogP contribution < -0.4 is 9.80 Å². The van der Waals surface area contributed by atoms with Gasteiger partial charge < -0.3 is 9.80 Å². The summed E-state index contributed by atoms with van der Waals surface area (Å²) in [5.41, 5.74) is 2.73. The second-order valence-electron chi connectivity index (χ2n) is 7.10. The van der Waals surface area contributed by atoms with Gasteiger partial charge in [0, 0.05) is 62.8 Å². The highest BCUT2D eigenvalue weighted by atomic mass is 15.4. The Balaban J connectivity index is 1.45. The third kappa shape index (κ3) is 2.74. The van der Waals surface area contributed by atoms with Crippen molar-refractivity contribution >= 4 is 22.9 Å². The lowest BCUT2D eigenvalue weighted by Crippen LogP contribution is -2.32. The van der Waals surface area contributed by atoms with Crippen molar-refractivity contribution in [1.82, 2.24) is 34.2 Å². The SMILES string of the molecule is CCc1nnc2c(N3CCCN(c4cc(C)nc5ccnn45)CC3)nccn12. The van der Waals surface area contributed by atoms with Gasteiger partial charge >= 0.3 is 0 Å².